The zero-order chi connectivity index (χ0) is 24.5. The van der Waals surface area contributed by atoms with E-state index in [-0.39, 0.29) is 31.6 Å². The standard InChI is InChI=1S/C26H20NS.C5H8O2.Ir/c1-16-6-2-5-9-20(16)26-21-15-23-22-12-17-7-3-4-8-18(17)13-24(22)28-25(23)14-19(21)10-11-27-26;1-4(6)3-5(2)7;/h2,5-6,10-15H,3-4,7-8H2,1H3;3,6H,1-2H3;/q-1;;/b;4-3-;. The summed E-state index contributed by atoms with van der Waals surface area (Å²) in [6, 6.07) is 21.3. The Bertz CT molecular complexity index is 1610. The summed E-state index contributed by atoms with van der Waals surface area (Å²) in [4.78, 5) is 14.8. The van der Waals surface area contributed by atoms with Crippen LogP contribution in [0.4, 0.5) is 0 Å². The molecule has 0 unspecified atom stereocenters. The topological polar surface area (TPSA) is 50.2 Å². The summed E-state index contributed by atoms with van der Waals surface area (Å²) < 4.78 is 2.79. The minimum atomic E-state index is -0.125. The summed E-state index contributed by atoms with van der Waals surface area (Å²) in [6.45, 7) is 4.98. The maximum Gasteiger partial charge on any atom is 0.155 e. The van der Waals surface area contributed by atoms with Gasteiger partial charge in [-0.25, -0.2) is 0 Å². The molecule has 2 heterocycles. The Morgan fingerprint density at radius 3 is 2.36 bits per heavy atom. The van der Waals surface area contributed by atoms with Crippen molar-refractivity contribution >= 4 is 48.1 Å². The minimum absolute atomic E-state index is 0. The predicted molar refractivity (Wildman–Crippen MR) is 147 cm³/mol. The van der Waals surface area contributed by atoms with Crippen LogP contribution in [0.3, 0.4) is 0 Å². The molecule has 5 heteroatoms. The smallest absolute Gasteiger partial charge is 0.155 e. The van der Waals surface area contributed by atoms with Crippen LogP contribution in [0.5, 0.6) is 0 Å². The Labute approximate surface area is 229 Å². The van der Waals surface area contributed by atoms with Gasteiger partial charge in [0.1, 0.15) is 0 Å². The van der Waals surface area contributed by atoms with Gasteiger partial charge in [0.05, 0.1) is 5.76 Å². The number of benzene rings is 3. The van der Waals surface area contributed by atoms with Crippen molar-refractivity contribution in [2.24, 2.45) is 0 Å². The molecular formula is C31H28IrNO2S-. The van der Waals surface area contributed by atoms with Gasteiger partial charge in [-0.1, -0.05) is 13.0 Å². The molecular weight excluding hydrogens is 643 g/mol. The number of ketones is 1. The molecule has 0 atom stereocenters. The molecule has 1 N–H and O–H groups in total. The molecule has 6 rings (SSSR count). The van der Waals surface area contributed by atoms with Gasteiger partial charge in [-0.3, -0.25) is 4.79 Å². The fourth-order valence-corrected chi connectivity index (χ4v) is 6.12. The van der Waals surface area contributed by atoms with Crippen molar-refractivity contribution in [2.45, 2.75) is 46.5 Å². The van der Waals surface area contributed by atoms with Crippen LogP contribution in [0.25, 0.3) is 42.2 Å². The third-order valence-electron chi connectivity index (χ3n) is 6.53. The number of aliphatic hydroxyl groups is 1. The Hall–Kier alpha value is -2.85. The van der Waals surface area contributed by atoms with Crippen molar-refractivity contribution in [3.8, 4) is 11.3 Å². The number of fused-ring (bicyclic) bond motifs is 5. The van der Waals surface area contributed by atoms with Crippen molar-refractivity contribution < 1.29 is 30.0 Å². The van der Waals surface area contributed by atoms with E-state index in [1.807, 2.05) is 29.7 Å². The normalized spacial score (nSPS) is 13.1. The van der Waals surface area contributed by atoms with Crippen molar-refractivity contribution in [1.29, 1.82) is 0 Å². The van der Waals surface area contributed by atoms with E-state index >= 15 is 0 Å². The second kappa shape index (κ2) is 11.0. The van der Waals surface area contributed by atoms with Crippen LogP contribution in [0.1, 0.15) is 43.4 Å². The first-order chi connectivity index (χ1) is 16.9. The number of thiophene rings is 1. The van der Waals surface area contributed by atoms with Gasteiger partial charge in [0.25, 0.3) is 0 Å². The van der Waals surface area contributed by atoms with E-state index in [0.717, 1.165) is 11.3 Å². The van der Waals surface area contributed by atoms with Gasteiger partial charge in [0, 0.05) is 52.6 Å². The van der Waals surface area contributed by atoms with E-state index in [9.17, 15) is 4.79 Å². The van der Waals surface area contributed by atoms with Crippen LogP contribution in [0.2, 0.25) is 0 Å². The zero-order valence-electron chi connectivity index (χ0n) is 20.6. The number of rotatable bonds is 2. The molecule has 0 fully saturated rings. The molecule has 0 saturated carbocycles. The fraction of sp³-hybridized carbons (Fsp3) is 0.226. The number of aromatic nitrogens is 1. The average molecular weight is 671 g/mol. The molecule has 0 bridgehead atoms. The van der Waals surface area contributed by atoms with Crippen LogP contribution in [-0.4, -0.2) is 15.9 Å². The van der Waals surface area contributed by atoms with Gasteiger partial charge in [-0.15, -0.1) is 46.7 Å². The monoisotopic (exact) mass is 671 g/mol. The quantitative estimate of drug-likeness (QED) is 0.117. The Kier molecular flexibility index (Phi) is 8.04. The van der Waals surface area contributed by atoms with E-state index in [1.165, 1.54) is 82.1 Å². The maximum absolute atomic E-state index is 10.0. The summed E-state index contributed by atoms with van der Waals surface area (Å²) in [5, 5.41) is 13.6. The molecule has 2 aromatic heterocycles. The molecule has 185 valence electrons. The third-order valence-corrected chi connectivity index (χ3v) is 7.65. The third kappa shape index (κ3) is 5.29. The molecule has 0 saturated heterocycles. The van der Waals surface area contributed by atoms with Gasteiger partial charge in [-0.2, -0.15) is 0 Å². The van der Waals surface area contributed by atoms with Gasteiger partial charge >= 0.3 is 0 Å². The number of hydrogen-bond acceptors (Lipinski definition) is 4. The molecule has 0 aliphatic heterocycles. The van der Waals surface area contributed by atoms with Crippen LogP contribution in [0, 0.1) is 13.0 Å². The number of nitrogens with zero attached hydrogens (tertiary/aromatic N) is 1. The predicted octanol–water partition coefficient (Wildman–Crippen LogP) is 8.29. The number of allylic oxidation sites excluding steroid dienone is 2. The molecule has 0 amide bonds. The fourth-order valence-electron chi connectivity index (χ4n) is 4.94. The van der Waals surface area contributed by atoms with Crippen molar-refractivity contribution in [2.75, 3.05) is 0 Å². The van der Waals surface area contributed by atoms with Crippen molar-refractivity contribution in [1.82, 2.24) is 4.98 Å². The average Bonchev–Trinajstić information content (AvgIpc) is 3.17. The molecule has 36 heavy (non-hydrogen) atoms. The molecule has 3 nitrogen and oxygen atoms in total. The van der Waals surface area contributed by atoms with E-state index in [2.05, 4.69) is 49.4 Å². The molecule has 5 aromatic rings. The van der Waals surface area contributed by atoms with Gasteiger partial charge in [0.15, 0.2) is 5.78 Å². The summed E-state index contributed by atoms with van der Waals surface area (Å²) in [6.07, 6.45) is 8.20. The Balaban J connectivity index is 0.000000338. The van der Waals surface area contributed by atoms with Crippen LogP contribution >= 0.6 is 11.3 Å². The first kappa shape index (κ1) is 26.2. The van der Waals surface area contributed by atoms with E-state index < -0.39 is 0 Å². The molecule has 1 radical (unpaired) electrons. The van der Waals surface area contributed by atoms with Crippen molar-refractivity contribution in [3.63, 3.8) is 0 Å². The number of hydrogen-bond donors (Lipinski definition) is 1. The molecule has 0 spiro atoms. The molecule has 1 aliphatic carbocycles. The zero-order valence-corrected chi connectivity index (χ0v) is 23.9. The second-order valence-corrected chi connectivity index (χ2v) is 10.4. The summed E-state index contributed by atoms with van der Waals surface area (Å²) >= 11 is 1.93. The second-order valence-electron chi connectivity index (χ2n) is 9.28. The van der Waals surface area contributed by atoms with Crippen molar-refractivity contribution in [3.05, 3.63) is 89.3 Å². The van der Waals surface area contributed by atoms with Gasteiger partial charge in [-0.05, 0) is 91.4 Å². The van der Waals surface area contributed by atoms with E-state index in [4.69, 9.17) is 10.1 Å². The Morgan fingerprint density at radius 1 is 1.00 bits per heavy atom. The number of pyridine rings is 1. The van der Waals surface area contributed by atoms with Crippen LogP contribution in [0.15, 0.2) is 66.6 Å². The number of carbonyl (C=O) groups excluding carboxylic acids is 1. The number of aliphatic hydroxyl groups excluding tert-OH is 1. The summed E-state index contributed by atoms with van der Waals surface area (Å²) in [5.41, 5.74) is 6.47. The summed E-state index contributed by atoms with van der Waals surface area (Å²) in [7, 11) is 0. The Morgan fingerprint density at radius 2 is 1.69 bits per heavy atom. The number of carbonyl (C=O) groups is 1. The van der Waals surface area contributed by atoms with Gasteiger partial charge in [0.2, 0.25) is 0 Å². The first-order valence-electron chi connectivity index (χ1n) is 12.0. The SMILES string of the molecule is CC(=O)/C=C(/C)O.Cc1ccc[c-]c1-c1nccc2cc3sc4cc5c(cc4c3cc12)CCCC5.[Ir]. The molecule has 1 aliphatic rings. The largest absolute Gasteiger partial charge is 0.512 e. The van der Waals surface area contributed by atoms with Crippen LogP contribution in [-0.2, 0) is 37.7 Å². The number of aryl methyl sites for hydroxylation is 3. The van der Waals surface area contributed by atoms with E-state index in [1.54, 1.807) is 11.1 Å². The maximum atomic E-state index is 10.0. The van der Waals surface area contributed by atoms with Gasteiger partial charge < -0.3 is 10.1 Å². The van der Waals surface area contributed by atoms with E-state index in [0.29, 0.717) is 0 Å². The minimum Gasteiger partial charge on any atom is -0.512 e. The molecule has 3 aromatic carbocycles. The summed E-state index contributed by atoms with van der Waals surface area (Å²) in [5.74, 6) is -0.0625. The van der Waals surface area contributed by atoms with Crippen LogP contribution < -0.4 is 0 Å². The first-order valence-corrected chi connectivity index (χ1v) is 12.8.